The molecule has 0 fully saturated rings. The SMILES string of the molecule is C[C@H](c1ccccc1)n1c(=O)[nH]c2cc3[nH]nc(N)c3cc2c1=O. The molecule has 0 aliphatic carbocycles. The standard InChI is InChI=1S/C17H15N5O2/c1-9(10-5-3-2-4-6-10)22-16(23)12-7-11-14(20-21-15(11)18)8-13(12)19-17(22)24/h2-9H,1H3,(H,19,24)(H3,18,20,21)/t9-/m1/s1. The van der Waals surface area contributed by atoms with Crippen molar-refractivity contribution in [3.63, 3.8) is 0 Å². The lowest BCUT2D eigenvalue weighted by atomic mass is 10.1. The molecule has 0 amide bonds. The number of fused-ring (bicyclic) bond motifs is 2. The maximum absolute atomic E-state index is 12.9. The topological polar surface area (TPSA) is 110 Å². The smallest absolute Gasteiger partial charge is 0.329 e. The highest BCUT2D eigenvalue weighted by Crippen LogP contribution is 2.22. The van der Waals surface area contributed by atoms with Gasteiger partial charge in [-0.1, -0.05) is 30.3 Å². The van der Waals surface area contributed by atoms with Gasteiger partial charge in [0, 0.05) is 5.39 Å². The van der Waals surface area contributed by atoms with E-state index in [0.29, 0.717) is 27.6 Å². The molecule has 24 heavy (non-hydrogen) atoms. The number of nitrogens with one attached hydrogen (secondary N) is 2. The summed E-state index contributed by atoms with van der Waals surface area (Å²) in [6.45, 7) is 1.82. The summed E-state index contributed by atoms with van der Waals surface area (Å²) in [5, 5.41) is 7.76. The molecule has 0 bridgehead atoms. The van der Waals surface area contributed by atoms with Gasteiger partial charge in [-0.2, -0.15) is 5.10 Å². The lowest BCUT2D eigenvalue weighted by Crippen LogP contribution is -2.37. The number of nitrogens with two attached hydrogens (primary N) is 1. The Hall–Kier alpha value is -3.35. The minimum atomic E-state index is -0.448. The van der Waals surface area contributed by atoms with Crippen LogP contribution in [0.4, 0.5) is 5.82 Å². The predicted octanol–water partition coefficient (Wildman–Crippen LogP) is 1.76. The Morgan fingerprint density at radius 3 is 2.58 bits per heavy atom. The van der Waals surface area contributed by atoms with Crippen LogP contribution in [0.2, 0.25) is 0 Å². The van der Waals surface area contributed by atoms with Gasteiger partial charge < -0.3 is 10.7 Å². The number of nitrogen functional groups attached to an aromatic ring is 1. The summed E-state index contributed by atoms with van der Waals surface area (Å²) in [7, 11) is 0. The van der Waals surface area contributed by atoms with Gasteiger partial charge in [-0.3, -0.25) is 14.5 Å². The van der Waals surface area contributed by atoms with Crippen LogP contribution in [0.5, 0.6) is 0 Å². The quantitative estimate of drug-likeness (QED) is 0.522. The summed E-state index contributed by atoms with van der Waals surface area (Å²) in [5.74, 6) is 0.320. The van der Waals surface area contributed by atoms with E-state index in [9.17, 15) is 9.59 Å². The normalized spacial score (nSPS) is 12.7. The molecule has 0 saturated heterocycles. The van der Waals surface area contributed by atoms with E-state index in [-0.39, 0.29) is 11.6 Å². The van der Waals surface area contributed by atoms with Crippen LogP contribution < -0.4 is 17.0 Å². The number of aromatic amines is 2. The molecule has 2 heterocycles. The average Bonchev–Trinajstić information content (AvgIpc) is 2.94. The number of H-pyrrole nitrogens is 2. The van der Waals surface area contributed by atoms with Gasteiger partial charge >= 0.3 is 5.69 Å². The van der Waals surface area contributed by atoms with Gasteiger partial charge in [0.25, 0.3) is 5.56 Å². The number of hydrogen-bond acceptors (Lipinski definition) is 4. The molecule has 0 radical (unpaired) electrons. The van der Waals surface area contributed by atoms with Gasteiger partial charge in [0.05, 0.1) is 22.5 Å². The van der Waals surface area contributed by atoms with E-state index in [1.54, 1.807) is 12.1 Å². The Balaban J connectivity index is 2.03. The Morgan fingerprint density at radius 2 is 1.83 bits per heavy atom. The van der Waals surface area contributed by atoms with Crippen molar-refractivity contribution in [2.45, 2.75) is 13.0 Å². The van der Waals surface area contributed by atoms with E-state index in [2.05, 4.69) is 15.2 Å². The van der Waals surface area contributed by atoms with Crippen molar-refractivity contribution in [2.24, 2.45) is 0 Å². The first-order chi connectivity index (χ1) is 11.6. The lowest BCUT2D eigenvalue weighted by Gasteiger charge is -2.15. The summed E-state index contributed by atoms with van der Waals surface area (Å²) in [4.78, 5) is 28.1. The first-order valence-corrected chi connectivity index (χ1v) is 7.53. The second-order valence-corrected chi connectivity index (χ2v) is 5.74. The Kier molecular flexibility index (Phi) is 3.02. The first kappa shape index (κ1) is 14.3. The van der Waals surface area contributed by atoms with E-state index >= 15 is 0 Å². The van der Waals surface area contributed by atoms with Gasteiger partial charge in [0.2, 0.25) is 0 Å². The Morgan fingerprint density at radius 1 is 1.08 bits per heavy atom. The third-order valence-electron chi connectivity index (χ3n) is 4.31. The van der Waals surface area contributed by atoms with Crippen LogP contribution in [-0.4, -0.2) is 19.7 Å². The van der Waals surface area contributed by atoms with Crippen LogP contribution in [0.25, 0.3) is 21.8 Å². The minimum Gasteiger partial charge on any atom is -0.382 e. The molecule has 2 aromatic carbocycles. The Labute approximate surface area is 135 Å². The average molecular weight is 321 g/mol. The highest BCUT2D eigenvalue weighted by atomic mass is 16.2. The van der Waals surface area contributed by atoms with Gasteiger partial charge in [-0.15, -0.1) is 0 Å². The molecule has 2 aromatic heterocycles. The highest BCUT2D eigenvalue weighted by molar-refractivity contribution is 5.99. The van der Waals surface area contributed by atoms with Crippen LogP contribution in [0, 0.1) is 0 Å². The first-order valence-electron chi connectivity index (χ1n) is 7.53. The van der Waals surface area contributed by atoms with E-state index in [4.69, 9.17) is 5.73 Å². The summed E-state index contributed by atoms with van der Waals surface area (Å²) in [5.41, 5.74) is 7.02. The Bertz CT molecular complexity index is 1170. The molecular formula is C17H15N5O2. The van der Waals surface area contributed by atoms with Crippen molar-refractivity contribution >= 4 is 27.6 Å². The number of benzene rings is 2. The third kappa shape index (κ3) is 2.02. The van der Waals surface area contributed by atoms with E-state index in [1.165, 1.54) is 4.57 Å². The maximum Gasteiger partial charge on any atom is 0.329 e. The fourth-order valence-electron chi connectivity index (χ4n) is 2.99. The number of nitrogens with zero attached hydrogens (tertiary/aromatic N) is 2. The van der Waals surface area contributed by atoms with Crippen LogP contribution >= 0.6 is 0 Å². The zero-order chi connectivity index (χ0) is 16.8. The van der Waals surface area contributed by atoms with Crippen LogP contribution in [-0.2, 0) is 0 Å². The fourth-order valence-corrected chi connectivity index (χ4v) is 2.99. The molecule has 0 aliphatic heterocycles. The van der Waals surface area contributed by atoms with Crippen molar-refractivity contribution < 1.29 is 0 Å². The number of rotatable bonds is 2. The second kappa shape index (κ2) is 5.09. The van der Waals surface area contributed by atoms with E-state index < -0.39 is 5.69 Å². The molecule has 0 spiro atoms. The van der Waals surface area contributed by atoms with Crippen LogP contribution in [0.3, 0.4) is 0 Å². The fraction of sp³-hybridized carbons (Fsp3) is 0.118. The number of aromatic nitrogens is 4. The van der Waals surface area contributed by atoms with Gasteiger partial charge in [0.15, 0.2) is 5.82 Å². The summed E-state index contributed by atoms with van der Waals surface area (Å²) < 4.78 is 1.22. The molecule has 0 unspecified atom stereocenters. The van der Waals surface area contributed by atoms with Crippen molar-refractivity contribution in [1.82, 2.24) is 19.7 Å². The molecule has 4 N–H and O–H groups in total. The lowest BCUT2D eigenvalue weighted by molar-refractivity contribution is 0.585. The molecule has 0 aliphatic rings. The highest BCUT2D eigenvalue weighted by Gasteiger charge is 2.16. The number of anilines is 1. The zero-order valence-electron chi connectivity index (χ0n) is 12.9. The zero-order valence-corrected chi connectivity index (χ0v) is 12.9. The van der Waals surface area contributed by atoms with Crippen LogP contribution in [0.1, 0.15) is 18.5 Å². The van der Waals surface area contributed by atoms with Crippen molar-refractivity contribution in [3.05, 3.63) is 68.9 Å². The molecule has 1 atom stereocenters. The molecule has 7 heteroatoms. The largest absolute Gasteiger partial charge is 0.382 e. The summed E-state index contributed by atoms with van der Waals surface area (Å²) in [6, 6.07) is 12.4. The summed E-state index contributed by atoms with van der Waals surface area (Å²) in [6.07, 6.45) is 0. The summed E-state index contributed by atoms with van der Waals surface area (Å²) >= 11 is 0. The van der Waals surface area contributed by atoms with Gasteiger partial charge in [-0.05, 0) is 24.6 Å². The van der Waals surface area contributed by atoms with E-state index in [0.717, 1.165) is 5.56 Å². The van der Waals surface area contributed by atoms with Crippen molar-refractivity contribution in [3.8, 4) is 0 Å². The molecule has 0 saturated carbocycles. The van der Waals surface area contributed by atoms with Crippen molar-refractivity contribution in [1.29, 1.82) is 0 Å². The third-order valence-corrected chi connectivity index (χ3v) is 4.31. The monoisotopic (exact) mass is 321 g/mol. The second-order valence-electron chi connectivity index (χ2n) is 5.74. The molecular weight excluding hydrogens is 306 g/mol. The van der Waals surface area contributed by atoms with E-state index in [1.807, 2.05) is 37.3 Å². The minimum absolute atomic E-state index is 0.320. The molecule has 120 valence electrons. The predicted molar refractivity (Wildman–Crippen MR) is 93.1 cm³/mol. The van der Waals surface area contributed by atoms with Crippen LogP contribution in [0.15, 0.2) is 52.1 Å². The van der Waals surface area contributed by atoms with Gasteiger partial charge in [0.1, 0.15) is 0 Å². The number of hydrogen-bond donors (Lipinski definition) is 3. The molecule has 4 rings (SSSR count). The molecule has 7 nitrogen and oxygen atoms in total. The maximum atomic E-state index is 12.9. The van der Waals surface area contributed by atoms with Crippen molar-refractivity contribution in [2.75, 3.05) is 5.73 Å². The molecule has 4 aromatic rings. The van der Waals surface area contributed by atoms with Gasteiger partial charge in [-0.25, -0.2) is 4.79 Å².